The molecule has 90 valence electrons. The van der Waals surface area contributed by atoms with Crippen molar-refractivity contribution in [3.05, 3.63) is 29.8 Å². The molecule has 1 N–H and O–H groups in total. The maximum atomic E-state index is 12.1. The van der Waals surface area contributed by atoms with Crippen molar-refractivity contribution in [3.8, 4) is 0 Å². The Morgan fingerprint density at radius 3 is 1.94 bits per heavy atom. The molecule has 0 heterocycles. The van der Waals surface area contributed by atoms with Crippen molar-refractivity contribution >= 4 is 11.8 Å². The lowest BCUT2D eigenvalue weighted by Gasteiger charge is -2.10. The average molecular weight is 258 g/mol. The van der Waals surface area contributed by atoms with Gasteiger partial charge in [-0.25, -0.2) is 8.78 Å². The molecule has 0 aliphatic carbocycles. The highest BCUT2D eigenvalue weighted by Crippen LogP contribution is 2.37. The van der Waals surface area contributed by atoms with Crippen molar-refractivity contribution in [1.82, 2.24) is 0 Å². The summed E-state index contributed by atoms with van der Waals surface area (Å²) in [5.41, 5.74) is -4.52. The van der Waals surface area contributed by atoms with Gasteiger partial charge in [-0.15, -0.1) is 0 Å². The monoisotopic (exact) mass is 258 g/mol. The molecule has 0 aliphatic heterocycles. The molecule has 0 amide bonds. The van der Waals surface area contributed by atoms with E-state index in [2.05, 4.69) is 0 Å². The van der Waals surface area contributed by atoms with Gasteiger partial charge in [0.1, 0.15) is 6.10 Å². The Morgan fingerprint density at radius 2 is 1.56 bits per heavy atom. The minimum Gasteiger partial charge on any atom is -0.382 e. The zero-order valence-corrected chi connectivity index (χ0v) is 8.53. The van der Waals surface area contributed by atoms with Gasteiger partial charge in [0, 0.05) is 4.90 Å². The lowest BCUT2D eigenvalue weighted by atomic mass is 10.1. The third-order valence-corrected chi connectivity index (χ3v) is 2.43. The summed E-state index contributed by atoms with van der Waals surface area (Å²) < 4.78 is 59.9. The van der Waals surface area contributed by atoms with Crippen molar-refractivity contribution in [2.45, 2.75) is 22.9 Å². The Hall–Kier alpha value is -0.820. The fraction of sp³-hybridized carbons (Fsp3) is 0.333. The van der Waals surface area contributed by atoms with Gasteiger partial charge in [0.05, 0.1) is 0 Å². The van der Waals surface area contributed by atoms with E-state index in [-0.39, 0.29) is 22.2 Å². The number of halogens is 5. The summed E-state index contributed by atoms with van der Waals surface area (Å²) in [6, 6.07) is 4.17. The molecule has 1 rings (SSSR count). The normalized spacial score (nSPS) is 14.2. The maximum absolute atomic E-state index is 12.1. The zero-order chi connectivity index (χ0) is 12.3. The van der Waals surface area contributed by atoms with Crippen LogP contribution in [0, 0.1) is 0 Å². The number of thioether (sulfide) groups is 1. The number of alkyl halides is 5. The van der Waals surface area contributed by atoms with Gasteiger partial charge in [0.2, 0.25) is 0 Å². The Balaban J connectivity index is 2.76. The number of benzene rings is 1. The molecule has 0 fully saturated rings. The lowest BCUT2D eigenvalue weighted by Crippen LogP contribution is -2.07. The molecule has 0 bridgehead atoms. The van der Waals surface area contributed by atoms with Gasteiger partial charge in [-0.2, -0.15) is 13.2 Å². The third-order valence-electron chi connectivity index (χ3n) is 1.69. The molecule has 1 unspecified atom stereocenters. The Morgan fingerprint density at radius 1 is 1.06 bits per heavy atom. The summed E-state index contributed by atoms with van der Waals surface area (Å²) in [7, 11) is 0. The first-order chi connectivity index (χ1) is 7.29. The highest BCUT2D eigenvalue weighted by atomic mass is 32.2. The van der Waals surface area contributed by atoms with Crippen molar-refractivity contribution < 1.29 is 27.1 Å². The number of hydrogen-bond donors (Lipinski definition) is 1. The van der Waals surface area contributed by atoms with Crippen molar-refractivity contribution in [2.75, 3.05) is 0 Å². The third kappa shape index (κ3) is 3.97. The molecule has 0 saturated heterocycles. The standard InChI is InChI=1S/C9H7F5OS/c10-8(11)7(15)5-1-3-6(4-2-5)16-9(12,13)14/h1-4,7-8,15H. The molecular formula is C9H7F5OS. The van der Waals surface area contributed by atoms with Gasteiger partial charge in [-0.1, -0.05) is 12.1 Å². The van der Waals surface area contributed by atoms with E-state index in [1.807, 2.05) is 0 Å². The Kier molecular flexibility index (Phi) is 4.15. The van der Waals surface area contributed by atoms with Crippen LogP contribution in [0.4, 0.5) is 22.0 Å². The molecule has 1 aromatic carbocycles. The Labute approximate surface area is 92.3 Å². The van der Waals surface area contributed by atoms with Crippen LogP contribution in [0.2, 0.25) is 0 Å². The van der Waals surface area contributed by atoms with Crippen LogP contribution in [0.15, 0.2) is 29.2 Å². The van der Waals surface area contributed by atoms with Gasteiger partial charge in [0.15, 0.2) is 0 Å². The second-order valence-electron chi connectivity index (χ2n) is 2.90. The van der Waals surface area contributed by atoms with Crippen LogP contribution in [0.3, 0.4) is 0 Å². The molecule has 0 saturated carbocycles. The molecule has 0 aliphatic rings. The van der Waals surface area contributed by atoms with Crippen LogP contribution in [-0.2, 0) is 0 Å². The molecule has 1 nitrogen and oxygen atoms in total. The summed E-state index contributed by atoms with van der Waals surface area (Å²) in [5.74, 6) is 0. The first-order valence-electron chi connectivity index (χ1n) is 4.11. The van der Waals surface area contributed by atoms with Crippen LogP contribution in [0.25, 0.3) is 0 Å². The second kappa shape index (κ2) is 5.01. The van der Waals surface area contributed by atoms with Crippen LogP contribution in [-0.4, -0.2) is 17.0 Å². The van der Waals surface area contributed by atoms with Crippen molar-refractivity contribution in [2.24, 2.45) is 0 Å². The first kappa shape index (κ1) is 13.2. The van der Waals surface area contributed by atoms with Crippen LogP contribution < -0.4 is 0 Å². The van der Waals surface area contributed by atoms with Crippen LogP contribution in [0.1, 0.15) is 11.7 Å². The largest absolute Gasteiger partial charge is 0.446 e. The molecule has 0 radical (unpaired) electrons. The van der Waals surface area contributed by atoms with E-state index in [4.69, 9.17) is 5.11 Å². The summed E-state index contributed by atoms with van der Waals surface area (Å²) in [4.78, 5) is -0.113. The fourth-order valence-electron chi connectivity index (χ4n) is 1.01. The molecule has 0 spiro atoms. The van der Waals surface area contributed by atoms with Gasteiger partial charge >= 0.3 is 5.51 Å². The summed E-state index contributed by atoms with van der Waals surface area (Å²) >= 11 is -0.340. The first-order valence-corrected chi connectivity index (χ1v) is 4.93. The van der Waals surface area contributed by atoms with Gasteiger partial charge < -0.3 is 5.11 Å². The molecule has 1 aromatic rings. The number of rotatable bonds is 3. The van der Waals surface area contributed by atoms with E-state index < -0.39 is 18.0 Å². The van der Waals surface area contributed by atoms with E-state index in [1.54, 1.807) is 0 Å². The fourth-order valence-corrected chi connectivity index (χ4v) is 1.55. The zero-order valence-electron chi connectivity index (χ0n) is 7.71. The van der Waals surface area contributed by atoms with E-state index in [0.29, 0.717) is 0 Å². The quantitative estimate of drug-likeness (QED) is 0.660. The molecular weight excluding hydrogens is 251 g/mol. The van der Waals surface area contributed by atoms with E-state index in [1.165, 1.54) is 0 Å². The minimum absolute atomic E-state index is 0.110. The summed E-state index contributed by atoms with van der Waals surface area (Å²) in [5, 5.41) is 8.94. The highest BCUT2D eigenvalue weighted by molar-refractivity contribution is 8.00. The second-order valence-corrected chi connectivity index (χ2v) is 4.03. The van der Waals surface area contributed by atoms with Crippen LogP contribution in [0.5, 0.6) is 0 Å². The van der Waals surface area contributed by atoms with E-state index in [0.717, 1.165) is 24.3 Å². The van der Waals surface area contributed by atoms with Crippen LogP contribution >= 0.6 is 11.8 Å². The SMILES string of the molecule is OC(c1ccc(SC(F)(F)F)cc1)C(F)F. The number of hydrogen-bond acceptors (Lipinski definition) is 2. The average Bonchev–Trinajstić information content (AvgIpc) is 2.15. The predicted octanol–water partition coefficient (Wildman–Crippen LogP) is 3.60. The minimum atomic E-state index is -4.41. The maximum Gasteiger partial charge on any atom is 0.446 e. The van der Waals surface area contributed by atoms with E-state index in [9.17, 15) is 22.0 Å². The molecule has 7 heteroatoms. The van der Waals surface area contributed by atoms with E-state index >= 15 is 0 Å². The van der Waals surface area contributed by atoms with Gasteiger partial charge in [-0.05, 0) is 29.5 Å². The Bertz CT molecular complexity index is 335. The van der Waals surface area contributed by atoms with Gasteiger partial charge in [-0.3, -0.25) is 0 Å². The predicted molar refractivity (Wildman–Crippen MR) is 49.3 cm³/mol. The number of aliphatic hydroxyl groups is 1. The smallest absolute Gasteiger partial charge is 0.382 e. The number of aliphatic hydroxyl groups excluding tert-OH is 1. The molecule has 16 heavy (non-hydrogen) atoms. The molecule has 0 aromatic heterocycles. The van der Waals surface area contributed by atoms with Crippen molar-refractivity contribution in [3.63, 3.8) is 0 Å². The van der Waals surface area contributed by atoms with Crippen molar-refractivity contribution in [1.29, 1.82) is 0 Å². The topological polar surface area (TPSA) is 20.2 Å². The highest BCUT2D eigenvalue weighted by Gasteiger charge is 2.29. The lowest BCUT2D eigenvalue weighted by molar-refractivity contribution is -0.0328. The molecule has 1 atom stereocenters. The van der Waals surface area contributed by atoms with Gasteiger partial charge in [0.25, 0.3) is 6.43 Å². The summed E-state index contributed by atoms with van der Waals surface area (Å²) in [6.07, 6.45) is -4.92. The summed E-state index contributed by atoms with van der Waals surface area (Å²) in [6.45, 7) is 0.